The summed E-state index contributed by atoms with van der Waals surface area (Å²) in [6.45, 7) is 7.16. The number of rotatable bonds is 2. The first-order chi connectivity index (χ1) is 8.35. The maximum atomic E-state index is 12.7. The molecular formula is C13H18FN3O. The van der Waals surface area contributed by atoms with Crippen molar-refractivity contribution in [3.63, 3.8) is 0 Å². The van der Waals surface area contributed by atoms with Crippen molar-refractivity contribution < 1.29 is 9.18 Å². The third-order valence-electron chi connectivity index (χ3n) is 2.79. The molecule has 1 aromatic heterocycles. The van der Waals surface area contributed by atoms with Crippen LogP contribution in [0, 0.1) is 11.7 Å². The summed E-state index contributed by atoms with van der Waals surface area (Å²) in [6, 6.07) is 3.01. The SMILES string of the molecule is CC(C)(C)NC(=O)C1CN(c2ccc(F)cn2)C1. The minimum absolute atomic E-state index is 0.00363. The van der Waals surface area contributed by atoms with Gasteiger partial charge in [0.2, 0.25) is 5.91 Å². The Morgan fingerprint density at radius 2 is 2.11 bits per heavy atom. The highest BCUT2D eigenvalue weighted by Gasteiger charge is 2.34. The highest BCUT2D eigenvalue weighted by molar-refractivity contribution is 5.82. The number of hydrogen-bond donors (Lipinski definition) is 1. The van der Waals surface area contributed by atoms with Crippen molar-refractivity contribution >= 4 is 11.7 Å². The summed E-state index contributed by atoms with van der Waals surface area (Å²) in [7, 11) is 0. The van der Waals surface area contributed by atoms with Crippen LogP contribution >= 0.6 is 0 Å². The largest absolute Gasteiger partial charge is 0.355 e. The zero-order valence-electron chi connectivity index (χ0n) is 10.9. The van der Waals surface area contributed by atoms with E-state index in [1.807, 2.05) is 25.7 Å². The topological polar surface area (TPSA) is 45.2 Å². The molecule has 1 N–H and O–H groups in total. The van der Waals surface area contributed by atoms with Gasteiger partial charge in [-0.1, -0.05) is 0 Å². The molecule has 1 saturated heterocycles. The van der Waals surface area contributed by atoms with E-state index in [2.05, 4.69) is 10.3 Å². The summed E-state index contributed by atoms with van der Waals surface area (Å²) in [5, 5.41) is 2.96. The van der Waals surface area contributed by atoms with Crippen molar-refractivity contribution in [1.29, 1.82) is 0 Å². The highest BCUT2D eigenvalue weighted by atomic mass is 19.1. The average Bonchev–Trinajstić information content (AvgIpc) is 2.15. The van der Waals surface area contributed by atoms with Crippen molar-refractivity contribution in [2.24, 2.45) is 5.92 Å². The second kappa shape index (κ2) is 4.55. The quantitative estimate of drug-likeness (QED) is 0.868. The molecule has 18 heavy (non-hydrogen) atoms. The zero-order valence-corrected chi connectivity index (χ0v) is 10.9. The molecule has 1 amide bonds. The first-order valence-corrected chi connectivity index (χ1v) is 6.04. The summed E-state index contributed by atoms with van der Waals surface area (Å²) in [5.74, 6) is 0.439. The molecule has 0 saturated carbocycles. The number of nitrogens with one attached hydrogen (secondary N) is 1. The summed E-state index contributed by atoms with van der Waals surface area (Å²) < 4.78 is 12.7. The molecule has 2 rings (SSSR count). The Morgan fingerprint density at radius 1 is 1.44 bits per heavy atom. The van der Waals surface area contributed by atoms with Crippen LogP contribution in [0.15, 0.2) is 18.3 Å². The second-order valence-electron chi connectivity index (χ2n) is 5.68. The lowest BCUT2D eigenvalue weighted by Crippen LogP contribution is -2.56. The number of hydrogen-bond acceptors (Lipinski definition) is 3. The molecule has 1 aromatic rings. The molecule has 0 aromatic carbocycles. The molecule has 98 valence electrons. The van der Waals surface area contributed by atoms with Gasteiger partial charge in [0.25, 0.3) is 0 Å². The van der Waals surface area contributed by atoms with Crippen LogP contribution in [0.3, 0.4) is 0 Å². The third-order valence-corrected chi connectivity index (χ3v) is 2.79. The Morgan fingerprint density at radius 3 is 2.61 bits per heavy atom. The first-order valence-electron chi connectivity index (χ1n) is 6.04. The Balaban J connectivity index is 1.87. The number of carbonyl (C=O) groups excluding carboxylic acids is 1. The van der Waals surface area contributed by atoms with Gasteiger partial charge in [-0.2, -0.15) is 0 Å². The molecular weight excluding hydrogens is 233 g/mol. The lowest BCUT2D eigenvalue weighted by Gasteiger charge is -2.40. The molecule has 0 bridgehead atoms. The van der Waals surface area contributed by atoms with Gasteiger partial charge < -0.3 is 10.2 Å². The van der Waals surface area contributed by atoms with E-state index in [1.165, 1.54) is 12.3 Å². The van der Waals surface area contributed by atoms with E-state index in [9.17, 15) is 9.18 Å². The lowest BCUT2D eigenvalue weighted by atomic mass is 9.97. The van der Waals surface area contributed by atoms with Gasteiger partial charge in [-0.3, -0.25) is 4.79 Å². The zero-order chi connectivity index (χ0) is 13.3. The fourth-order valence-corrected chi connectivity index (χ4v) is 1.86. The number of pyridine rings is 1. The van der Waals surface area contributed by atoms with Crippen LogP contribution < -0.4 is 10.2 Å². The Labute approximate surface area is 106 Å². The molecule has 5 heteroatoms. The molecule has 1 aliphatic heterocycles. The van der Waals surface area contributed by atoms with Gasteiger partial charge in [-0.05, 0) is 32.9 Å². The van der Waals surface area contributed by atoms with Crippen molar-refractivity contribution in [2.75, 3.05) is 18.0 Å². The Kier molecular flexibility index (Phi) is 3.24. The van der Waals surface area contributed by atoms with Crippen LogP contribution in [0.25, 0.3) is 0 Å². The van der Waals surface area contributed by atoms with Crippen LogP contribution in [0.4, 0.5) is 10.2 Å². The predicted molar refractivity (Wildman–Crippen MR) is 67.8 cm³/mol. The molecule has 2 heterocycles. The number of halogens is 1. The van der Waals surface area contributed by atoms with Crippen molar-refractivity contribution in [1.82, 2.24) is 10.3 Å². The molecule has 0 spiro atoms. The third kappa shape index (κ3) is 2.97. The Bertz CT molecular complexity index is 433. The number of anilines is 1. The van der Waals surface area contributed by atoms with Gasteiger partial charge in [0.1, 0.15) is 11.6 Å². The standard InChI is InChI=1S/C13H18FN3O/c1-13(2,3)16-12(18)9-7-17(8-9)11-5-4-10(14)6-15-11/h4-6,9H,7-8H2,1-3H3,(H,16,18). The van der Waals surface area contributed by atoms with Gasteiger partial charge in [0, 0.05) is 18.6 Å². The van der Waals surface area contributed by atoms with Crippen molar-refractivity contribution in [3.8, 4) is 0 Å². The minimum atomic E-state index is -0.346. The maximum absolute atomic E-state index is 12.7. The lowest BCUT2D eigenvalue weighted by molar-refractivity contribution is -0.127. The van der Waals surface area contributed by atoms with Crippen LogP contribution in [-0.4, -0.2) is 29.5 Å². The fraction of sp³-hybridized carbons (Fsp3) is 0.538. The van der Waals surface area contributed by atoms with Gasteiger partial charge in [-0.15, -0.1) is 0 Å². The number of nitrogens with zero attached hydrogens (tertiary/aromatic N) is 2. The molecule has 0 unspecified atom stereocenters. The van der Waals surface area contributed by atoms with Gasteiger partial charge in [0.15, 0.2) is 0 Å². The summed E-state index contributed by atoms with van der Waals surface area (Å²) in [4.78, 5) is 17.8. The normalized spacial score (nSPS) is 16.3. The van der Waals surface area contributed by atoms with E-state index in [0.717, 1.165) is 5.82 Å². The molecule has 1 aliphatic rings. The van der Waals surface area contributed by atoms with E-state index in [1.54, 1.807) is 6.07 Å². The van der Waals surface area contributed by atoms with Crippen LogP contribution in [-0.2, 0) is 4.79 Å². The fourth-order valence-electron chi connectivity index (χ4n) is 1.86. The number of aromatic nitrogens is 1. The molecule has 0 radical (unpaired) electrons. The van der Waals surface area contributed by atoms with E-state index >= 15 is 0 Å². The molecule has 0 aliphatic carbocycles. The van der Waals surface area contributed by atoms with Gasteiger partial charge in [-0.25, -0.2) is 9.37 Å². The molecule has 1 fully saturated rings. The van der Waals surface area contributed by atoms with E-state index in [4.69, 9.17) is 0 Å². The monoisotopic (exact) mass is 251 g/mol. The highest BCUT2D eigenvalue weighted by Crippen LogP contribution is 2.23. The molecule has 4 nitrogen and oxygen atoms in total. The number of amides is 1. The van der Waals surface area contributed by atoms with E-state index < -0.39 is 0 Å². The van der Waals surface area contributed by atoms with Crippen LogP contribution in [0.1, 0.15) is 20.8 Å². The van der Waals surface area contributed by atoms with Crippen LogP contribution in [0.2, 0.25) is 0 Å². The Hall–Kier alpha value is -1.65. The van der Waals surface area contributed by atoms with Gasteiger partial charge >= 0.3 is 0 Å². The summed E-state index contributed by atoms with van der Waals surface area (Å²) in [5.41, 5.74) is -0.203. The predicted octanol–water partition coefficient (Wildman–Crippen LogP) is 1.57. The van der Waals surface area contributed by atoms with Crippen molar-refractivity contribution in [2.45, 2.75) is 26.3 Å². The van der Waals surface area contributed by atoms with Gasteiger partial charge in [0.05, 0.1) is 12.1 Å². The molecule has 0 atom stereocenters. The van der Waals surface area contributed by atoms with Crippen LogP contribution in [0.5, 0.6) is 0 Å². The smallest absolute Gasteiger partial charge is 0.227 e. The maximum Gasteiger partial charge on any atom is 0.227 e. The van der Waals surface area contributed by atoms with Crippen molar-refractivity contribution in [3.05, 3.63) is 24.1 Å². The summed E-state index contributed by atoms with van der Waals surface area (Å²) in [6.07, 6.45) is 1.19. The first kappa shape index (κ1) is 12.8. The minimum Gasteiger partial charge on any atom is -0.355 e. The summed E-state index contributed by atoms with van der Waals surface area (Å²) >= 11 is 0. The number of carbonyl (C=O) groups is 1. The second-order valence-corrected chi connectivity index (χ2v) is 5.68. The average molecular weight is 251 g/mol. The van der Waals surface area contributed by atoms with E-state index in [-0.39, 0.29) is 23.2 Å². The van der Waals surface area contributed by atoms with E-state index in [0.29, 0.717) is 13.1 Å².